The molecule has 37 heavy (non-hydrogen) atoms. The molecule has 2 aliphatic heterocycles. The fourth-order valence-electron chi connectivity index (χ4n) is 4.18. The Morgan fingerprint density at radius 3 is 2.41 bits per heavy atom. The lowest BCUT2D eigenvalue weighted by Crippen LogP contribution is -2.48. The van der Waals surface area contributed by atoms with Crippen LogP contribution in [0.25, 0.3) is 0 Å². The summed E-state index contributed by atoms with van der Waals surface area (Å²) in [5, 5.41) is 18.3. The van der Waals surface area contributed by atoms with Crippen LogP contribution in [0.2, 0.25) is 5.02 Å². The number of fused-ring (bicyclic) bond motifs is 1. The number of carbonyl (C=O) groups excluding carboxylic acids is 1. The Kier molecular flexibility index (Phi) is 8.06. The van der Waals surface area contributed by atoms with E-state index in [-0.39, 0.29) is 19.3 Å². The van der Waals surface area contributed by atoms with Gasteiger partial charge in [0.2, 0.25) is 0 Å². The molecule has 1 fully saturated rings. The van der Waals surface area contributed by atoms with Crippen molar-refractivity contribution in [3.8, 4) is 11.5 Å². The molecule has 0 aromatic heterocycles. The number of carboxylic acids is 2. The number of ether oxygens (including phenoxy) is 5. The van der Waals surface area contributed by atoms with E-state index in [0.29, 0.717) is 29.5 Å². The molecule has 2 N–H and O–H groups in total. The van der Waals surface area contributed by atoms with Crippen molar-refractivity contribution in [2.75, 3.05) is 33.0 Å². The van der Waals surface area contributed by atoms with E-state index in [9.17, 15) is 14.4 Å². The molecule has 0 spiro atoms. The number of aliphatic carboxylic acids is 2. The van der Waals surface area contributed by atoms with Gasteiger partial charge in [-0.15, -0.1) is 0 Å². The van der Waals surface area contributed by atoms with Gasteiger partial charge in [0.25, 0.3) is 5.79 Å². The lowest BCUT2D eigenvalue weighted by molar-refractivity contribution is -0.179. The molecule has 4 rings (SSSR count). The molecule has 12 heteroatoms. The van der Waals surface area contributed by atoms with Crippen LogP contribution in [0.1, 0.15) is 24.2 Å². The molecule has 198 valence electrons. The van der Waals surface area contributed by atoms with Gasteiger partial charge in [0.15, 0.2) is 11.5 Å². The maximum Gasteiger partial charge on any atom is 0.410 e. The molecule has 2 atom stereocenters. The average Bonchev–Trinajstić information content (AvgIpc) is 3.39. The summed E-state index contributed by atoms with van der Waals surface area (Å²) in [6.07, 6.45) is -0.336. The summed E-state index contributed by atoms with van der Waals surface area (Å²) in [4.78, 5) is 35.9. The standard InChI is InChI=1S/C25H26ClNO10/c1-15(27-10-21(35-24(27)32)17-3-2-4-18(26)9-17)7-16-5-6-19-20(8-16)37-25(36-19,13-33-11-22(28)29)14-34-12-23(30)31/h2-6,8-9,15,21H,7,10-14H2,1H3,(H,28,29)(H,30,31)/t15-,21+/m1/s1. The Balaban J connectivity index is 1.41. The molecule has 1 saturated heterocycles. The first-order chi connectivity index (χ1) is 17.6. The van der Waals surface area contributed by atoms with Gasteiger partial charge >= 0.3 is 18.0 Å². The Morgan fingerprint density at radius 2 is 1.76 bits per heavy atom. The quantitative estimate of drug-likeness (QED) is 0.416. The van der Waals surface area contributed by atoms with E-state index in [4.69, 9.17) is 45.5 Å². The van der Waals surface area contributed by atoms with Gasteiger partial charge in [-0.1, -0.05) is 29.8 Å². The summed E-state index contributed by atoms with van der Waals surface area (Å²) in [5.74, 6) is -3.16. The van der Waals surface area contributed by atoms with Crippen LogP contribution in [0.15, 0.2) is 42.5 Å². The highest BCUT2D eigenvalue weighted by Gasteiger charge is 2.43. The summed E-state index contributed by atoms with van der Waals surface area (Å²) < 4.78 is 27.7. The van der Waals surface area contributed by atoms with E-state index in [2.05, 4.69) is 0 Å². The highest BCUT2D eigenvalue weighted by Crippen LogP contribution is 2.41. The van der Waals surface area contributed by atoms with Crippen LogP contribution in [-0.4, -0.2) is 77.9 Å². The fourth-order valence-corrected chi connectivity index (χ4v) is 4.38. The predicted molar refractivity (Wildman–Crippen MR) is 128 cm³/mol. The second-order valence-corrected chi connectivity index (χ2v) is 9.24. The van der Waals surface area contributed by atoms with Crippen molar-refractivity contribution in [2.24, 2.45) is 0 Å². The van der Waals surface area contributed by atoms with Gasteiger partial charge < -0.3 is 38.8 Å². The molecule has 2 aliphatic rings. The highest BCUT2D eigenvalue weighted by atomic mass is 35.5. The lowest BCUT2D eigenvalue weighted by Gasteiger charge is -2.26. The molecule has 0 radical (unpaired) electrons. The summed E-state index contributed by atoms with van der Waals surface area (Å²) in [6, 6.07) is 12.3. The number of halogens is 1. The van der Waals surface area contributed by atoms with Gasteiger partial charge in [-0.3, -0.25) is 0 Å². The number of amides is 1. The fraction of sp³-hybridized carbons (Fsp3) is 0.400. The normalized spacial score (nSPS) is 18.5. The van der Waals surface area contributed by atoms with Crippen LogP contribution in [0, 0.1) is 0 Å². The van der Waals surface area contributed by atoms with E-state index in [0.717, 1.165) is 11.1 Å². The number of carboxylic acid groups (broad SMARTS) is 2. The molecule has 1 amide bonds. The summed E-state index contributed by atoms with van der Waals surface area (Å²) >= 11 is 6.07. The van der Waals surface area contributed by atoms with Crippen molar-refractivity contribution in [3.05, 3.63) is 58.6 Å². The molecular weight excluding hydrogens is 510 g/mol. The molecular formula is C25H26ClNO10. The third-order valence-corrected chi connectivity index (χ3v) is 6.05. The highest BCUT2D eigenvalue weighted by molar-refractivity contribution is 6.30. The van der Waals surface area contributed by atoms with Crippen molar-refractivity contribution < 1.29 is 48.3 Å². The number of nitrogens with zero attached hydrogens (tertiary/aromatic N) is 1. The molecule has 2 aromatic rings. The van der Waals surface area contributed by atoms with E-state index in [1.165, 1.54) is 0 Å². The van der Waals surface area contributed by atoms with Gasteiger partial charge in [0.05, 0.1) is 6.54 Å². The van der Waals surface area contributed by atoms with E-state index in [1.54, 1.807) is 29.2 Å². The van der Waals surface area contributed by atoms with Crippen LogP contribution in [0.5, 0.6) is 11.5 Å². The second kappa shape index (κ2) is 11.2. The predicted octanol–water partition coefficient (Wildman–Crippen LogP) is 3.13. The molecule has 2 aromatic carbocycles. The van der Waals surface area contributed by atoms with Crippen LogP contribution in [0.4, 0.5) is 4.79 Å². The number of benzene rings is 2. The Morgan fingerprint density at radius 1 is 1.08 bits per heavy atom. The summed E-state index contributed by atoms with van der Waals surface area (Å²) in [7, 11) is 0. The number of cyclic esters (lactones) is 1. The zero-order valence-corrected chi connectivity index (χ0v) is 20.7. The number of hydrogen-bond donors (Lipinski definition) is 2. The van der Waals surface area contributed by atoms with Crippen molar-refractivity contribution in [3.63, 3.8) is 0 Å². The number of rotatable bonds is 12. The number of hydrogen-bond acceptors (Lipinski definition) is 8. The first-order valence-corrected chi connectivity index (χ1v) is 11.8. The van der Waals surface area contributed by atoms with Crippen LogP contribution >= 0.6 is 11.6 Å². The zero-order chi connectivity index (χ0) is 26.6. The third kappa shape index (κ3) is 6.62. The Labute approximate surface area is 217 Å². The molecule has 0 aliphatic carbocycles. The maximum atomic E-state index is 12.6. The topological polar surface area (TPSA) is 141 Å². The first kappa shape index (κ1) is 26.5. The minimum Gasteiger partial charge on any atom is -0.480 e. The number of carbonyl (C=O) groups is 3. The van der Waals surface area contributed by atoms with Gasteiger partial charge in [0.1, 0.15) is 32.5 Å². The molecule has 2 heterocycles. The average molecular weight is 536 g/mol. The molecule has 0 bridgehead atoms. The monoisotopic (exact) mass is 535 g/mol. The van der Waals surface area contributed by atoms with E-state index < -0.39 is 43.1 Å². The minimum atomic E-state index is -1.54. The zero-order valence-electron chi connectivity index (χ0n) is 19.9. The lowest BCUT2D eigenvalue weighted by atomic mass is 10.0. The van der Waals surface area contributed by atoms with E-state index in [1.807, 2.05) is 25.1 Å². The first-order valence-electron chi connectivity index (χ1n) is 11.5. The molecule has 0 unspecified atom stereocenters. The van der Waals surface area contributed by atoms with Crippen molar-refractivity contribution >= 4 is 29.6 Å². The molecule has 11 nitrogen and oxygen atoms in total. The Hall–Kier alpha value is -3.54. The smallest absolute Gasteiger partial charge is 0.410 e. The van der Waals surface area contributed by atoms with Crippen LogP contribution < -0.4 is 9.47 Å². The van der Waals surface area contributed by atoms with Crippen LogP contribution in [-0.2, 0) is 30.2 Å². The van der Waals surface area contributed by atoms with Gasteiger partial charge in [-0.05, 0) is 48.7 Å². The SMILES string of the molecule is C[C@H](Cc1ccc2c(c1)OC(COCC(=O)O)(COCC(=O)O)O2)N1C[C@@H](c2cccc(Cl)c2)OC1=O. The summed E-state index contributed by atoms with van der Waals surface area (Å²) in [6.45, 7) is 0.517. The third-order valence-electron chi connectivity index (χ3n) is 5.82. The Bertz CT molecular complexity index is 1150. The van der Waals surface area contributed by atoms with Gasteiger partial charge in [-0.25, -0.2) is 14.4 Å². The second-order valence-electron chi connectivity index (χ2n) is 8.80. The summed E-state index contributed by atoms with van der Waals surface area (Å²) in [5.41, 5.74) is 1.67. The minimum absolute atomic E-state index is 0.195. The van der Waals surface area contributed by atoms with Crippen molar-refractivity contribution in [1.29, 1.82) is 0 Å². The largest absolute Gasteiger partial charge is 0.480 e. The van der Waals surface area contributed by atoms with Gasteiger partial charge in [0, 0.05) is 11.1 Å². The van der Waals surface area contributed by atoms with Crippen molar-refractivity contribution in [2.45, 2.75) is 31.3 Å². The van der Waals surface area contributed by atoms with Gasteiger partial charge in [-0.2, -0.15) is 0 Å². The molecule has 0 saturated carbocycles. The van der Waals surface area contributed by atoms with E-state index >= 15 is 0 Å². The van der Waals surface area contributed by atoms with Crippen LogP contribution in [0.3, 0.4) is 0 Å². The van der Waals surface area contributed by atoms with Crippen molar-refractivity contribution in [1.82, 2.24) is 4.90 Å². The maximum absolute atomic E-state index is 12.6.